The smallest absolute Gasteiger partial charge is 0.231 e. The van der Waals surface area contributed by atoms with E-state index in [2.05, 4.69) is 15.3 Å². The summed E-state index contributed by atoms with van der Waals surface area (Å²) in [5.41, 5.74) is 2.81. The molecule has 1 amide bonds. The molecule has 2 aromatic rings. The number of rotatable bonds is 2. The van der Waals surface area contributed by atoms with Crippen molar-refractivity contribution in [3.63, 3.8) is 0 Å². The summed E-state index contributed by atoms with van der Waals surface area (Å²) in [4.78, 5) is 21.6. The van der Waals surface area contributed by atoms with Crippen molar-refractivity contribution in [3.05, 3.63) is 40.8 Å². The number of halogens is 1. The van der Waals surface area contributed by atoms with E-state index < -0.39 is 0 Å². The quantitative estimate of drug-likeness (QED) is 0.923. The largest absolute Gasteiger partial charge is 0.339 e. The van der Waals surface area contributed by atoms with Crippen LogP contribution in [-0.2, 0) is 11.2 Å². The summed E-state index contributed by atoms with van der Waals surface area (Å²) in [6.07, 6.45) is 1.99. The summed E-state index contributed by atoms with van der Waals surface area (Å²) >= 11 is 6.06. The third-order valence-electron chi connectivity index (χ3n) is 3.28. The number of fused-ring (bicyclic) bond motifs is 1. The van der Waals surface area contributed by atoms with Crippen LogP contribution in [0.1, 0.15) is 11.4 Å². The van der Waals surface area contributed by atoms with Crippen LogP contribution in [-0.4, -0.2) is 22.9 Å². The van der Waals surface area contributed by atoms with Crippen LogP contribution in [0.5, 0.6) is 0 Å². The standard InChI is InChI=1S/C14H13ClN4O/c1-8-16-7-11(15)14(17-8)18-10-3-4-12-9(5-10)6-13(20)19(12)2/h3-5,7H,6H2,1-2H3,(H,16,17,18). The Morgan fingerprint density at radius 2 is 2.20 bits per heavy atom. The van der Waals surface area contributed by atoms with Crippen LogP contribution in [0, 0.1) is 6.92 Å². The number of anilines is 3. The Morgan fingerprint density at radius 1 is 1.40 bits per heavy atom. The molecule has 0 fully saturated rings. The fourth-order valence-electron chi connectivity index (χ4n) is 2.23. The second kappa shape index (κ2) is 4.76. The zero-order chi connectivity index (χ0) is 14.3. The summed E-state index contributed by atoms with van der Waals surface area (Å²) in [5.74, 6) is 1.32. The van der Waals surface area contributed by atoms with E-state index >= 15 is 0 Å². The summed E-state index contributed by atoms with van der Waals surface area (Å²) in [6, 6.07) is 5.77. The number of aromatic nitrogens is 2. The first-order valence-corrected chi connectivity index (χ1v) is 6.58. The summed E-state index contributed by atoms with van der Waals surface area (Å²) in [6.45, 7) is 1.80. The van der Waals surface area contributed by atoms with Crippen molar-refractivity contribution in [2.45, 2.75) is 13.3 Å². The lowest BCUT2D eigenvalue weighted by Gasteiger charge is -2.12. The highest BCUT2D eigenvalue weighted by molar-refractivity contribution is 6.32. The van der Waals surface area contributed by atoms with Crippen LogP contribution in [0.2, 0.25) is 5.02 Å². The van der Waals surface area contributed by atoms with Gasteiger partial charge in [-0.05, 0) is 30.7 Å². The molecule has 0 spiro atoms. The highest BCUT2D eigenvalue weighted by atomic mass is 35.5. The van der Waals surface area contributed by atoms with Crippen LogP contribution in [0.3, 0.4) is 0 Å². The highest BCUT2D eigenvalue weighted by Gasteiger charge is 2.23. The number of hydrogen-bond acceptors (Lipinski definition) is 4. The average Bonchev–Trinajstić information content (AvgIpc) is 2.69. The molecule has 1 N–H and O–H groups in total. The molecule has 0 unspecified atom stereocenters. The van der Waals surface area contributed by atoms with Gasteiger partial charge in [-0.25, -0.2) is 9.97 Å². The lowest BCUT2D eigenvalue weighted by molar-refractivity contribution is -0.117. The molecule has 102 valence electrons. The molecule has 0 atom stereocenters. The Labute approximate surface area is 121 Å². The zero-order valence-electron chi connectivity index (χ0n) is 11.1. The Balaban J connectivity index is 1.92. The molecule has 20 heavy (non-hydrogen) atoms. The van der Waals surface area contributed by atoms with Crippen LogP contribution in [0.15, 0.2) is 24.4 Å². The van der Waals surface area contributed by atoms with E-state index in [0.29, 0.717) is 23.1 Å². The van der Waals surface area contributed by atoms with E-state index in [1.807, 2.05) is 18.2 Å². The number of amides is 1. The van der Waals surface area contributed by atoms with Crippen molar-refractivity contribution >= 4 is 34.7 Å². The van der Waals surface area contributed by atoms with E-state index in [1.165, 1.54) is 0 Å². The van der Waals surface area contributed by atoms with Crippen LogP contribution >= 0.6 is 11.6 Å². The van der Waals surface area contributed by atoms with Crippen molar-refractivity contribution < 1.29 is 4.79 Å². The Morgan fingerprint density at radius 3 is 3.00 bits per heavy atom. The van der Waals surface area contributed by atoms with Crippen molar-refractivity contribution in [2.75, 3.05) is 17.3 Å². The first-order valence-electron chi connectivity index (χ1n) is 6.20. The lowest BCUT2D eigenvalue weighted by atomic mass is 10.1. The molecule has 1 aliphatic heterocycles. The molecule has 1 aromatic carbocycles. The number of nitrogens with zero attached hydrogens (tertiary/aromatic N) is 3. The third kappa shape index (κ3) is 2.20. The minimum Gasteiger partial charge on any atom is -0.339 e. The van der Waals surface area contributed by atoms with Crippen molar-refractivity contribution in [1.82, 2.24) is 9.97 Å². The lowest BCUT2D eigenvalue weighted by Crippen LogP contribution is -2.20. The van der Waals surface area contributed by atoms with E-state index in [-0.39, 0.29) is 5.91 Å². The third-order valence-corrected chi connectivity index (χ3v) is 3.56. The minimum atomic E-state index is 0.105. The van der Waals surface area contributed by atoms with E-state index in [1.54, 1.807) is 25.1 Å². The predicted octanol–water partition coefficient (Wildman–Crippen LogP) is 2.70. The van der Waals surface area contributed by atoms with Crippen molar-refractivity contribution in [3.8, 4) is 0 Å². The monoisotopic (exact) mass is 288 g/mol. The summed E-state index contributed by atoms with van der Waals surface area (Å²) in [5, 5.41) is 3.62. The van der Waals surface area contributed by atoms with Crippen LogP contribution in [0.25, 0.3) is 0 Å². The van der Waals surface area contributed by atoms with Gasteiger partial charge in [-0.2, -0.15) is 0 Å². The van der Waals surface area contributed by atoms with Crippen molar-refractivity contribution in [1.29, 1.82) is 0 Å². The van der Waals surface area contributed by atoms with Crippen LogP contribution in [0.4, 0.5) is 17.2 Å². The maximum absolute atomic E-state index is 11.7. The number of aryl methyl sites for hydroxylation is 1. The van der Waals surface area contributed by atoms with Gasteiger partial charge >= 0.3 is 0 Å². The van der Waals surface area contributed by atoms with Gasteiger partial charge in [0.15, 0.2) is 5.82 Å². The maximum Gasteiger partial charge on any atom is 0.231 e. The molecular formula is C14H13ClN4O. The van der Waals surface area contributed by atoms with Gasteiger partial charge in [-0.15, -0.1) is 0 Å². The predicted molar refractivity (Wildman–Crippen MR) is 78.6 cm³/mol. The fraction of sp³-hybridized carbons (Fsp3) is 0.214. The van der Waals surface area contributed by atoms with Crippen LogP contribution < -0.4 is 10.2 Å². The molecule has 0 radical (unpaired) electrons. The number of benzene rings is 1. The summed E-state index contributed by atoms with van der Waals surface area (Å²) < 4.78 is 0. The van der Waals surface area contributed by atoms with Gasteiger partial charge in [-0.1, -0.05) is 11.6 Å². The molecule has 1 aliphatic rings. The van der Waals surface area contributed by atoms with Gasteiger partial charge in [0.1, 0.15) is 10.8 Å². The zero-order valence-corrected chi connectivity index (χ0v) is 11.9. The van der Waals surface area contributed by atoms with Gasteiger partial charge < -0.3 is 10.2 Å². The van der Waals surface area contributed by atoms with Crippen molar-refractivity contribution in [2.24, 2.45) is 0 Å². The second-order valence-electron chi connectivity index (χ2n) is 4.71. The number of likely N-dealkylation sites (N-methyl/N-ethyl adjacent to an activating group) is 1. The molecule has 1 aromatic heterocycles. The molecule has 5 nitrogen and oxygen atoms in total. The SMILES string of the molecule is Cc1ncc(Cl)c(Nc2ccc3c(c2)CC(=O)N3C)n1. The number of hydrogen-bond donors (Lipinski definition) is 1. The first kappa shape index (κ1) is 12.9. The van der Waals surface area contributed by atoms with Gasteiger partial charge in [0, 0.05) is 18.4 Å². The molecule has 6 heteroatoms. The molecule has 0 aliphatic carbocycles. The normalized spacial score (nSPS) is 13.6. The number of carbonyl (C=O) groups excluding carboxylic acids is 1. The van der Waals surface area contributed by atoms with Gasteiger partial charge in [0.2, 0.25) is 5.91 Å². The van der Waals surface area contributed by atoms with E-state index in [4.69, 9.17) is 11.6 Å². The molecule has 2 heterocycles. The second-order valence-corrected chi connectivity index (χ2v) is 5.12. The Kier molecular flexibility index (Phi) is 3.06. The maximum atomic E-state index is 11.7. The Hall–Kier alpha value is -2.14. The first-order chi connectivity index (χ1) is 9.54. The number of nitrogens with one attached hydrogen (secondary N) is 1. The average molecular weight is 289 g/mol. The highest BCUT2D eigenvalue weighted by Crippen LogP contribution is 2.31. The number of carbonyl (C=O) groups is 1. The van der Waals surface area contributed by atoms with Gasteiger partial charge in [0.05, 0.1) is 12.6 Å². The van der Waals surface area contributed by atoms with Gasteiger partial charge in [-0.3, -0.25) is 4.79 Å². The molecule has 0 bridgehead atoms. The topological polar surface area (TPSA) is 58.1 Å². The molecule has 0 saturated heterocycles. The van der Waals surface area contributed by atoms with E-state index in [0.717, 1.165) is 16.9 Å². The molecule has 3 rings (SSSR count). The molecular weight excluding hydrogens is 276 g/mol. The minimum absolute atomic E-state index is 0.105. The molecule has 0 saturated carbocycles. The summed E-state index contributed by atoms with van der Waals surface area (Å²) in [7, 11) is 1.78. The Bertz CT molecular complexity index is 702. The van der Waals surface area contributed by atoms with Gasteiger partial charge in [0.25, 0.3) is 0 Å². The fourth-order valence-corrected chi connectivity index (χ4v) is 2.37. The van der Waals surface area contributed by atoms with E-state index in [9.17, 15) is 4.79 Å².